The molecule has 42 heavy (non-hydrogen) atoms. The first kappa shape index (κ1) is 27.6. The fourth-order valence-electron chi connectivity index (χ4n) is 5.41. The number of benzene rings is 2. The summed E-state index contributed by atoms with van der Waals surface area (Å²) >= 11 is 0. The molecule has 0 radical (unpaired) electrons. The van der Waals surface area contributed by atoms with Crippen LogP contribution in [0.3, 0.4) is 0 Å². The Hall–Kier alpha value is -4.61. The summed E-state index contributed by atoms with van der Waals surface area (Å²) in [7, 11) is -0.465. The van der Waals surface area contributed by atoms with Crippen LogP contribution >= 0.6 is 0 Å². The number of hydrogen-bond donors (Lipinski definition) is 3. The van der Waals surface area contributed by atoms with E-state index in [4.69, 9.17) is 4.98 Å². The SMILES string of the molecule is C=CCn1c(=O)c2cnc(Nc3cc4c(c(-c5ccccc5)c3)CCN(C)C4)nc2n1-c1cccc(N[SH](C)(C)=O)n1. The average Bonchev–Trinajstić information content (AvgIpc) is 3.22. The molecule has 1 aliphatic heterocycles. The molecule has 0 amide bonds. The second kappa shape index (κ2) is 11.0. The van der Waals surface area contributed by atoms with E-state index >= 15 is 0 Å². The minimum atomic E-state index is -2.60. The summed E-state index contributed by atoms with van der Waals surface area (Å²) in [5, 5.41) is 3.76. The van der Waals surface area contributed by atoms with Gasteiger partial charge in [0, 0.05) is 37.5 Å². The quantitative estimate of drug-likeness (QED) is 0.186. The summed E-state index contributed by atoms with van der Waals surface area (Å²) in [4.78, 5) is 29.7. The van der Waals surface area contributed by atoms with Crippen LogP contribution in [0.4, 0.5) is 17.5 Å². The van der Waals surface area contributed by atoms with Gasteiger partial charge < -0.3 is 14.9 Å². The monoisotopic (exact) mass is 582 g/mol. The van der Waals surface area contributed by atoms with E-state index in [0.29, 0.717) is 28.6 Å². The molecule has 0 bridgehead atoms. The molecule has 2 N–H and O–H groups in total. The highest BCUT2D eigenvalue weighted by Gasteiger charge is 2.21. The largest absolute Gasteiger partial charge is 0.324 e. The predicted octanol–water partition coefficient (Wildman–Crippen LogP) is 4.16. The topological polar surface area (TPSA) is 110 Å². The van der Waals surface area contributed by atoms with Gasteiger partial charge in [-0.25, -0.2) is 19.3 Å². The van der Waals surface area contributed by atoms with Gasteiger partial charge in [-0.1, -0.05) is 42.5 Å². The maximum atomic E-state index is 13.4. The minimum Gasteiger partial charge on any atom is -0.324 e. The first-order valence-corrected chi connectivity index (χ1v) is 16.4. The number of fused-ring (bicyclic) bond motifs is 2. The maximum Gasteiger partial charge on any atom is 0.278 e. The number of thiol groups is 1. The second-order valence-electron chi connectivity index (χ2n) is 10.9. The number of pyridine rings is 1. The average molecular weight is 583 g/mol. The summed E-state index contributed by atoms with van der Waals surface area (Å²) in [6.45, 7) is 5.93. The number of likely N-dealkylation sites (N-methyl/N-ethyl adjacent to an activating group) is 1. The molecule has 4 heterocycles. The fraction of sp³-hybridized carbons (Fsp3) is 0.226. The van der Waals surface area contributed by atoms with Gasteiger partial charge in [0.15, 0.2) is 11.5 Å². The summed E-state index contributed by atoms with van der Waals surface area (Å²) in [6.07, 6.45) is 7.43. The van der Waals surface area contributed by atoms with E-state index in [1.54, 1.807) is 47.7 Å². The molecule has 0 aliphatic carbocycles. The first-order chi connectivity index (χ1) is 20.2. The first-order valence-electron chi connectivity index (χ1n) is 13.8. The Labute approximate surface area is 245 Å². The molecule has 2 aromatic carbocycles. The molecular formula is C31H34N8O2S. The van der Waals surface area contributed by atoms with Gasteiger partial charge in [-0.3, -0.25) is 9.00 Å². The third-order valence-electron chi connectivity index (χ3n) is 7.18. The fourth-order valence-corrected chi connectivity index (χ4v) is 6.08. The highest BCUT2D eigenvalue weighted by Crippen LogP contribution is 2.34. The second-order valence-corrected chi connectivity index (χ2v) is 13.8. The molecule has 1 aliphatic rings. The van der Waals surface area contributed by atoms with E-state index in [1.165, 1.54) is 21.4 Å². The van der Waals surface area contributed by atoms with Crippen molar-refractivity contribution in [2.24, 2.45) is 0 Å². The summed E-state index contributed by atoms with van der Waals surface area (Å²) < 4.78 is 18.5. The Morgan fingerprint density at radius 2 is 1.88 bits per heavy atom. The van der Waals surface area contributed by atoms with Gasteiger partial charge in [0.05, 0.1) is 6.54 Å². The van der Waals surface area contributed by atoms with Crippen LogP contribution in [0.25, 0.3) is 28.0 Å². The van der Waals surface area contributed by atoms with E-state index < -0.39 is 10.1 Å². The van der Waals surface area contributed by atoms with Crippen molar-refractivity contribution < 1.29 is 4.21 Å². The van der Waals surface area contributed by atoms with Crippen molar-refractivity contribution in [1.29, 1.82) is 0 Å². The van der Waals surface area contributed by atoms with Crippen molar-refractivity contribution in [2.75, 3.05) is 36.1 Å². The number of hydrogen-bond acceptors (Lipinski definition) is 7. The van der Waals surface area contributed by atoms with Crippen LogP contribution in [-0.2, 0) is 29.6 Å². The third kappa shape index (κ3) is 5.48. The number of nitrogens with zero attached hydrogens (tertiary/aromatic N) is 6. The van der Waals surface area contributed by atoms with Gasteiger partial charge >= 0.3 is 0 Å². The third-order valence-corrected chi connectivity index (χ3v) is 7.95. The molecule has 0 saturated carbocycles. The molecular weight excluding hydrogens is 548 g/mol. The van der Waals surface area contributed by atoms with E-state index in [2.05, 4.69) is 74.9 Å². The summed E-state index contributed by atoms with van der Waals surface area (Å²) in [5.74, 6) is 1.26. The van der Waals surface area contributed by atoms with Crippen molar-refractivity contribution in [2.45, 2.75) is 19.5 Å². The molecule has 11 heteroatoms. The lowest BCUT2D eigenvalue weighted by atomic mass is 9.90. The molecule has 0 saturated heterocycles. The molecule has 5 aromatic rings. The smallest absolute Gasteiger partial charge is 0.278 e. The van der Waals surface area contributed by atoms with Crippen LogP contribution < -0.4 is 15.6 Å². The predicted molar refractivity (Wildman–Crippen MR) is 171 cm³/mol. The number of allylic oxidation sites excluding steroid dienone is 1. The molecule has 0 atom stereocenters. The summed E-state index contributed by atoms with van der Waals surface area (Å²) in [6, 6.07) is 20.0. The Kier molecular flexibility index (Phi) is 7.21. The number of aromatic nitrogens is 5. The van der Waals surface area contributed by atoms with Crippen LogP contribution in [-0.4, -0.2) is 59.5 Å². The Bertz CT molecular complexity index is 1910. The zero-order valence-electron chi connectivity index (χ0n) is 23.9. The van der Waals surface area contributed by atoms with Gasteiger partial charge in [0.2, 0.25) is 5.95 Å². The Morgan fingerprint density at radius 1 is 1.07 bits per heavy atom. The van der Waals surface area contributed by atoms with Crippen molar-refractivity contribution in [1.82, 2.24) is 29.2 Å². The molecule has 10 nitrogen and oxygen atoms in total. The molecule has 6 rings (SSSR count). The minimum absolute atomic E-state index is 0.246. The van der Waals surface area contributed by atoms with E-state index in [-0.39, 0.29) is 12.1 Å². The van der Waals surface area contributed by atoms with Crippen LogP contribution in [0.15, 0.2) is 84.3 Å². The van der Waals surface area contributed by atoms with Crippen molar-refractivity contribution in [3.63, 3.8) is 0 Å². The number of anilines is 3. The highest BCUT2D eigenvalue weighted by atomic mass is 32.3. The zero-order valence-corrected chi connectivity index (χ0v) is 24.8. The highest BCUT2D eigenvalue weighted by molar-refractivity contribution is 8.02. The standard InChI is InChI=1S/C31H34N8O2S/c1-5-15-38-30(40)26-19-32-31(35-29(26)39(38)28-13-9-12-27(34-28)36-42(3,4)41)33-23-17-22-20-37(2)16-14-24(22)25(18-23)21-10-7-6-8-11-21/h5-13,17-19,42H,1,14-16,20H2,2-4H3,(H,32,33,35)(H,34,36,41). The van der Waals surface area contributed by atoms with Crippen LogP contribution in [0.1, 0.15) is 11.1 Å². The summed E-state index contributed by atoms with van der Waals surface area (Å²) in [5.41, 5.74) is 6.00. The van der Waals surface area contributed by atoms with Crippen LogP contribution in [0.5, 0.6) is 0 Å². The van der Waals surface area contributed by atoms with Gasteiger partial charge in [-0.05, 0) is 70.1 Å². The Balaban J connectivity index is 1.46. The van der Waals surface area contributed by atoms with Crippen molar-refractivity contribution in [3.8, 4) is 16.9 Å². The van der Waals surface area contributed by atoms with E-state index in [9.17, 15) is 9.00 Å². The van der Waals surface area contributed by atoms with E-state index in [1.807, 2.05) is 6.07 Å². The van der Waals surface area contributed by atoms with Crippen molar-refractivity contribution in [3.05, 3.63) is 101 Å². The Morgan fingerprint density at radius 3 is 2.64 bits per heavy atom. The lowest BCUT2D eigenvalue weighted by Gasteiger charge is -2.28. The van der Waals surface area contributed by atoms with E-state index in [0.717, 1.165) is 30.8 Å². The molecule has 0 fully saturated rings. The number of nitrogens with one attached hydrogen (secondary N) is 2. The van der Waals surface area contributed by atoms with Crippen LogP contribution in [0, 0.1) is 0 Å². The molecule has 3 aromatic heterocycles. The molecule has 216 valence electrons. The van der Waals surface area contributed by atoms with Crippen molar-refractivity contribution >= 4 is 38.6 Å². The maximum absolute atomic E-state index is 13.4. The normalized spacial score (nSPS) is 14.0. The number of rotatable bonds is 8. The van der Waals surface area contributed by atoms with Crippen LogP contribution in [0.2, 0.25) is 0 Å². The van der Waals surface area contributed by atoms with Gasteiger partial charge in [-0.15, -0.1) is 6.58 Å². The molecule has 0 unspecified atom stereocenters. The van der Waals surface area contributed by atoms with Gasteiger partial charge in [0.1, 0.15) is 11.2 Å². The van der Waals surface area contributed by atoms with Gasteiger partial charge in [0.25, 0.3) is 5.56 Å². The lowest BCUT2D eigenvalue weighted by Crippen LogP contribution is -2.27. The lowest BCUT2D eigenvalue weighted by molar-refractivity contribution is 0.313. The zero-order chi connectivity index (χ0) is 29.4. The van der Waals surface area contributed by atoms with Gasteiger partial charge in [-0.2, -0.15) is 4.98 Å². The molecule has 0 spiro atoms.